The average Bonchev–Trinajstić information content (AvgIpc) is 3.01. The van der Waals surface area contributed by atoms with Crippen molar-refractivity contribution >= 4 is 34.0 Å². The highest BCUT2D eigenvalue weighted by Gasteiger charge is 2.23. The van der Waals surface area contributed by atoms with Crippen molar-refractivity contribution in [1.29, 1.82) is 0 Å². The Morgan fingerprint density at radius 1 is 1.12 bits per heavy atom. The van der Waals surface area contributed by atoms with E-state index in [1.165, 1.54) is 6.92 Å². The summed E-state index contributed by atoms with van der Waals surface area (Å²) >= 11 is 1.65. The highest BCUT2D eigenvalue weighted by atomic mass is 32.1. The molecule has 126 valence electrons. The van der Waals surface area contributed by atoms with Gasteiger partial charge in [0.1, 0.15) is 0 Å². The van der Waals surface area contributed by atoms with Gasteiger partial charge in [0.15, 0.2) is 5.13 Å². The van der Waals surface area contributed by atoms with Crippen LogP contribution >= 0.6 is 11.3 Å². The molecular weight excluding hydrogens is 324 g/mol. The predicted octanol–water partition coefficient (Wildman–Crippen LogP) is 2.37. The molecule has 2 aromatic rings. The maximum Gasteiger partial charge on any atom is 0.253 e. The molecule has 6 nitrogen and oxygen atoms in total. The molecule has 24 heavy (non-hydrogen) atoms. The third kappa shape index (κ3) is 3.73. The van der Waals surface area contributed by atoms with Crippen LogP contribution < -0.4 is 10.2 Å². The van der Waals surface area contributed by atoms with Gasteiger partial charge in [0.25, 0.3) is 5.91 Å². The molecule has 1 aliphatic heterocycles. The van der Waals surface area contributed by atoms with Gasteiger partial charge in [-0.1, -0.05) is 0 Å². The minimum atomic E-state index is -0.123. The average molecular weight is 344 g/mol. The Bertz CT molecular complexity index is 733. The molecule has 0 radical (unpaired) electrons. The zero-order valence-electron chi connectivity index (χ0n) is 13.8. The van der Waals surface area contributed by atoms with Gasteiger partial charge >= 0.3 is 0 Å². The van der Waals surface area contributed by atoms with E-state index in [-0.39, 0.29) is 11.8 Å². The van der Waals surface area contributed by atoms with E-state index in [2.05, 4.69) is 15.2 Å². The van der Waals surface area contributed by atoms with Crippen molar-refractivity contribution in [3.63, 3.8) is 0 Å². The normalized spacial score (nSPS) is 14.6. The monoisotopic (exact) mass is 344 g/mol. The lowest BCUT2D eigenvalue weighted by molar-refractivity contribution is -0.114. The van der Waals surface area contributed by atoms with Crippen LogP contribution in [0.15, 0.2) is 29.6 Å². The van der Waals surface area contributed by atoms with Crippen LogP contribution in [0.3, 0.4) is 0 Å². The van der Waals surface area contributed by atoms with Crippen LogP contribution in [0, 0.1) is 6.92 Å². The molecule has 1 aliphatic rings. The predicted molar refractivity (Wildman–Crippen MR) is 95.7 cm³/mol. The number of rotatable bonds is 3. The van der Waals surface area contributed by atoms with E-state index in [9.17, 15) is 9.59 Å². The summed E-state index contributed by atoms with van der Waals surface area (Å²) in [6.45, 7) is 6.41. The number of carbonyl (C=O) groups excluding carboxylic acids is 2. The minimum absolute atomic E-state index is 0.0272. The van der Waals surface area contributed by atoms with Crippen LogP contribution in [0.2, 0.25) is 0 Å². The molecule has 0 unspecified atom stereocenters. The second-order valence-electron chi connectivity index (χ2n) is 5.81. The number of amides is 2. The molecule has 2 heterocycles. The van der Waals surface area contributed by atoms with E-state index in [1.54, 1.807) is 35.6 Å². The van der Waals surface area contributed by atoms with Gasteiger partial charge < -0.3 is 15.1 Å². The van der Waals surface area contributed by atoms with Crippen molar-refractivity contribution < 1.29 is 9.59 Å². The van der Waals surface area contributed by atoms with Crippen molar-refractivity contribution in [1.82, 2.24) is 9.88 Å². The van der Waals surface area contributed by atoms with E-state index in [0.717, 1.165) is 23.9 Å². The lowest BCUT2D eigenvalue weighted by Gasteiger charge is -2.34. The summed E-state index contributed by atoms with van der Waals surface area (Å²) in [6, 6.07) is 7.01. The van der Waals surface area contributed by atoms with Gasteiger partial charge in [-0.2, -0.15) is 0 Å². The molecule has 0 spiro atoms. The summed E-state index contributed by atoms with van der Waals surface area (Å²) in [6.07, 6.45) is 0. The Morgan fingerprint density at radius 2 is 1.79 bits per heavy atom. The molecule has 0 bridgehead atoms. The fraction of sp³-hybridized carbons (Fsp3) is 0.353. The number of anilines is 2. The maximum atomic E-state index is 12.6. The zero-order chi connectivity index (χ0) is 17.1. The van der Waals surface area contributed by atoms with E-state index in [0.29, 0.717) is 24.3 Å². The van der Waals surface area contributed by atoms with Crippen LogP contribution in [0.1, 0.15) is 23.0 Å². The Hall–Kier alpha value is -2.41. The first kappa shape index (κ1) is 16.4. The van der Waals surface area contributed by atoms with Crippen molar-refractivity contribution in [3.8, 4) is 0 Å². The molecule has 1 N–H and O–H groups in total. The molecule has 3 rings (SSSR count). The molecule has 1 fully saturated rings. The fourth-order valence-corrected chi connectivity index (χ4v) is 3.53. The van der Waals surface area contributed by atoms with Crippen LogP contribution in [-0.4, -0.2) is 47.9 Å². The van der Waals surface area contributed by atoms with Crippen LogP contribution in [0.5, 0.6) is 0 Å². The molecule has 0 aliphatic carbocycles. The van der Waals surface area contributed by atoms with Gasteiger partial charge in [0.05, 0.1) is 5.69 Å². The highest BCUT2D eigenvalue weighted by molar-refractivity contribution is 7.13. The second kappa shape index (κ2) is 7.00. The number of aryl methyl sites for hydroxylation is 1. The SMILES string of the molecule is CC(=O)Nc1ccc(C(=O)N2CCN(c3nc(C)cs3)CC2)cc1. The van der Waals surface area contributed by atoms with Gasteiger partial charge in [-0.15, -0.1) is 11.3 Å². The van der Waals surface area contributed by atoms with Crippen LogP contribution in [0.25, 0.3) is 0 Å². The lowest BCUT2D eigenvalue weighted by atomic mass is 10.1. The first-order chi connectivity index (χ1) is 11.5. The summed E-state index contributed by atoms with van der Waals surface area (Å²) < 4.78 is 0. The molecule has 1 aromatic heterocycles. The minimum Gasteiger partial charge on any atom is -0.345 e. The Labute approximate surface area is 145 Å². The third-order valence-electron chi connectivity index (χ3n) is 3.90. The quantitative estimate of drug-likeness (QED) is 0.928. The van der Waals surface area contributed by atoms with E-state index in [1.807, 2.05) is 17.2 Å². The molecule has 2 amide bonds. The number of nitrogens with one attached hydrogen (secondary N) is 1. The largest absolute Gasteiger partial charge is 0.345 e. The fourth-order valence-electron chi connectivity index (χ4n) is 2.67. The number of thiazole rings is 1. The Kier molecular flexibility index (Phi) is 4.80. The summed E-state index contributed by atoms with van der Waals surface area (Å²) in [7, 11) is 0. The van der Waals surface area contributed by atoms with Gasteiger partial charge in [-0.3, -0.25) is 9.59 Å². The number of benzene rings is 1. The molecule has 1 saturated heterocycles. The summed E-state index contributed by atoms with van der Waals surface area (Å²) in [4.78, 5) is 32.2. The van der Waals surface area contributed by atoms with Crippen LogP contribution in [-0.2, 0) is 4.79 Å². The summed E-state index contributed by atoms with van der Waals surface area (Å²) in [5, 5.41) is 5.77. The Balaban J connectivity index is 1.59. The number of hydrogen-bond donors (Lipinski definition) is 1. The topological polar surface area (TPSA) is 65.5 Å². The van der Waals surface area contributed by atoms with E-state index in [4.69, 9.17) is 0 Å². The molecule has 0 atom stereocenters. The molecule has 7 heteroatoms. The molecule has 1 aromatic carbocycles. The third-order valence-corrected chi connectivity index (χ3v) is 4.92. The lowest BCUT2D eigenvalue weighted by Crippen LogP contribution is -2.48. The van der Waals surface area contributed by atoms with E-state index < -0.39 is 0 Å². The number of carbonyl (C=O) groups is 2. The number of nitrogens with zero attached hydrogens (tertiary/aromatic N) is 3. The Morgan fingerprint density at radius 3 is 2.33 bits per heavy atom. The first-order valence-corrected chi connectivity index (χ1v) is 8.75. The van der Waals surface area contributed by atoms with Gasteiger partial charge in [0, 0.05) is 49.7 Å². The van der Waals surface area contributed by atoms with Gasteiger partial charge in [0.2, 0.25) is 5.91 Å². The second-order valence-corrected chi connectivity index (χ2v) is 6.65. The standard InChI is InChI=1S/C17H20N4O2S/c1-12-11-24-17(18-12)21-9-7-20(8-10-21)16(23)14-3-5-15(6-4-14)19-13(2)22/h3-6,11H,7-10H2,1-2H3,(H,19,22). The number of hydrogen-bond acceptors (Lipinski definition) is 5. The number of piperazine rings is 1. The van der Waals surface area contributed by atoms with Crippen LogP contribution in [0.4, 0.5) is 10.8 Å². The molecule has 0 saturated carbocycles. The highest BCUT2D eigenvalue weighted by Crippen LogP contribution is 2.22. The van der Waals surface area contributed by atoms with Gasteiger partial charge in [-0.05, 0) is 31.2 Å². The number of aromatic nitrogens is 1. The smallest absolute Gasteiger partial charge is 0.253 e. The first-order valence-electron chi connectivity index (χ1n) is 7.87. The zero-order valence-corrected chi connectivity index (χ0v) is 14.6. The van der Waals surface area contributed by atoms with Crippen molar-refractivity contribution in [3.05, 3.63) is 40.9 Å². The summed E-state index contributed by atoms with van der Waals surface area (Å²) in [5.74, 6) is -0.0954. The van der Waals surface area contributed by atoms with Crippen molar-refractivity contribution in [2.75, 3.05) is 36.4 Å². The summed E-state index contributed by atoms with van der Waals surface area (Å²) in [5.41, 5.74) is 2.37. The van der Waals surface area contributed by atoms with Crippen molar-refractivity contribution in [2.24, 2.45) is 0 Å². The maximum absolute atomic E-state index is 12.6. The molecular formula is C17H20N4O2S. The van der Waals surface area contributed by atoms with Gasteiger partial charge in [-0.25, -0.2) is 4.98 Å². The van der Waals surface area contributed by atoms with E-state index >= 15 is 0 Å². The van der Waals surface area contributed by atoms with Crippen molar-refractivity contribution in [2.45, 2.75) is 13.8 Å².